The molecule has 1 aromatic rings. The maximum absolute atomic E-state index is 12.5. The Labute approximate surface area is 121 Å². The molecule has 3 heteroatoms. The molecule has 110 valence electrons. The largest absolute Gasteiger partial charge is 0.374 e. The molecule has 20 heavy (non-hydrogen) atoms. The molecule has 1 heterocycles. The van der Waals surface area contributed by atoms with Crippen LogP contribution in [0.4, 0.5) is 0 Å². The van der Waals surface area contributed by atoms with Crippen LogP contribution < -0.4 is 0 Å². The van der Waals surface area contributed by atoms with Gasteiger partial charge < -0.3 is 9.64 Å². The first-order valence-corrected chi connectivity index (χ1v) is 7.34. The van der Waals surface area contributed by atoms with E-state index in [0.29, 0.717) is 13.2 Å². The second kappa shape index (κ2) is 5.96. The topological polar surface area (TPSA) is 29.5 Å². The van der Waals surface area contributed by atoms with Crippen molar-refractivity contribution in [3.63, 3.8) is 0 Å². The highest BCUT2D eigenvalue weighted by Crippen LogP contribution is 2.23. The summed E-state index contributed by atoms with van der Waals surface area (Å²) >= 11 is 0. The number of ether oxygens (including phenoxy) is 1. The van der Waals surface area contributed by atoms with Gasteiger partial charge in [0.15, 0.2) is 0 Å². The molecule has 0 aromatic heterocycles. The van der Waals surface area contributed by atoms with E-state index >= 15 is 0 Å². The lowest BCUT2D eigenvalue weighted by Crippen LogP contribution is -2.54. The number of benzene rings is 1. The molecule has 0 bridgehead atoms. The fourth-order valence-electron chi connectivity index (χ4n) is 2.53. The van der Waals surface area contributed by atoms with Gasteiger partial charge in [0.05, 0.1) is 18.8 Å². The van der Waals surface area contributed by atoms with Crippen LogP contribution in [-0.2, 0) is 16.0 Å². The second-order valence-corrected chi connectivity index (χ2v) is 6.70. The lowest BCUT2D eigenvalue weighted by Gasteiger charge is -2.41. The third kappa shape index (κ3) is 3.60. The number of rotatable bonds is 2. The van der Waals surface area contributed by atoms with Crippen molar-refractivity contribution in [3.05, 3.63) is 35.9 Å². The number of hydrogen-bond acceptors (Lipinski definition) is 2. The Balaban J connectivity index is 2.03. The van der Waals surface area contributed by atoms with Crippen LogP contribution in [0, 0.1) is 5.41 Å². The molecule has 0 radical (unpaired) electrons. The van der Waals surface area contributed by atoms with Gasteiger partial charge in [0.1, 0.15) is 0 Å². The Morgan fingerprint density at radius 1 is 1.30 bits per heavy atom. The third-order valence-electron chi connectivity index (χ3n) is 3.71. The zero-order valence-electron chi connectivity index (χ0n) is 12.9. The Bertz CT molecular complexity index is 450. The first kappa shape index (κ1) is 15.0. The molecule has 1 aliphatic heterocycles. The van der Waals surface area contributed by atoms with Crippen molar-refractivity contribution in [1.29, 1.82) is 0 Å². The van der Waals surface area contributed by atoms with Crippen LogP contribution in [0.25, 0.3) is 0 Å². The summed E-state index contributed by atoms with van der Waals surface area (Å²) < 4.78 is 5.89. The summed E-state index contributed by atoms with van der Waals surface area (Å²) in [4.78, 5) is 14.5. The van der Waals surface area contributed by atoms with Crippen molar-refractivity contribution in [2.24, 2.45) is 5.41 Å². The molecular formula is C17H25NO2. The van der Waals surface area contributed by atoms with Crippen molar-refractivity contribution in [2.45, 2.75) is 46.3 Å². The molecule has 1 amide bonds. The first-order valence-electron chi connectivity index (χ1n) is 7.34. The minimum atomic E-state index is -0.330. The molecular weight excluding hydrogens is 250 g/mol. The monoisotopic (exact) mass is 275 g/mol. The third-order valence-corrected chi connectivity index (χ3v) is 3.71. The highest BCUT2D eigenvalue weighted by molar-refractivity contribution is 5.82. The SMILES string of the molecule is CC1COC(Cc2ccccc2)CN1C(=O)C(C)(C)C. The van der Waals surface area contributed by atoms with Crippen LogP contribution in [0.3, 0.4) is 0 Å². The van der Waals surface area contributed by atoms with Gasteiger partial charge in [-0.3, -0.25) is 4.79 Å². The molecule has 1 aromatic carbocycles. The van der Waals surface area contributed by atoms with E-state index in [1.165, 1.54) is 5.56 Å². The smallest absolute Gasteiger partial charge is 0.228 e. The van der Waals surface area contributed by atoms with Gasteiger partial charge in [-0.25, -0.2) is 0 Å². The van der Waals surface area contributed by atoms with E-state index in [0.717, 1.165) is 6.42 Å². The quantitative estimate of drug-likeness (QED) is 0.830. The average molecular weight is 275 g/mol. The van der Waals surface area contributed by atoms with Gasteiger partial charge in [0.25, 0.3) is 0 Å². The summed E-state index contributed by atoms with van der Waals surface area (Å²) in [6.45, 7) is 9.30. The normalized spacial score (nSPS) is 23.7. The van der Waals surface area contributed by atoms with Crippen LogP contribution in [0.2, 0.25) is 0 Å². The maximum Gasteiger partial charge on any atom is 0.228 e. The lowest BCUT2D eigenvalue weighted by atomic mass is 9.93. The fraction of sp³-hybridized carbons (Fsp3) is 0.588. The van der Waals surface area contributed by atoms with E-state index in [4.69, 9.17) is 4.74 Å². The van der Waals surface area contributed by atoms with E-state index < -0.39 is 0 Å². The highest BCUT2D eigenvalue weighted by Gasteiger charge is 2.35. The van der Waals surface area contributed by atoms with E-state index in [-0.39, 0.29) is 23.5 Å². The summed E-state index contributed by atoms with van der Waals surface area (Å²) in [5, 5.41) is 0. The van der Waals surface area contributed by atoms with Gasteiger partial charge in [-0.05, 0) is 12.5 Å². The Kier molecular flexibility index (Phi) is 4.48. The van der Waals surface area contributed by atoms with Crippen LogP contribution in [0.1, 0.15) is 33.3 Å². The Morgan fingerprint density at radius 2 is 1.95 bits per heavy atom. The number of nitrogens with zero attached hydrogens (tertiary/aromatic N) is 1. The predicted octanol–water partition coefficient (Wildman–Crippen LogP) is 2.89. The van der Waals surface area contributed by atoms with Gasteiger partial charge in [0, 0.05) is 18.4 Å². The maximum atomic E-state index is 12.5. The number of hydrogen-bond donors (Lipinski definition) is 0. The number of morpholine rings is 1. The number of amides is 1. The highest BCUT2D eigenvalue weighted by atomic mass is 16.5. The van der Waals surface area contributed by atoms with Gasteiger partial charge >= 0.3 is 0 Å². The Morgan fingerprint density at radius 3 is 2.55 bits per heavy atom. The molecule has 1 saturated heterocycles. The van der Waals surface area contributed by atoms with Crippen LogP contribution in [-0.4, -0.2) is 36.1 Å². The van der Waals surface area contributed by atoms with Crippen LogP contribution in [0.15, 0.2) is 30.3 Å². The summed E-state index contributed by atoms with van der Waals surface area (Å²) in [5.41, 5.74) is 0.929. The minimum Gasteiger partial charge on any atom is -0.374 e. The van der Waals surface area contributed by atoms with Crippen molar-refractivity contribution < 1.29 is 9.53 Å². The lowest BCUT2D eigenvalue weighted by molar-refractivity contribution is -0.152. The average Bonchev–Trinajstić information content (AvgIpc) is 2.40. The van der Waals surface area contributed by atoms with Gasteiger partial charge in [-0.2, -0.15) is 0 Å². The molecule has 1 fully saturated rings. The molecule has 2 rings (SSSR count). The van der Waals surface area contributed by atoms with Crippen molar-refractivity contribution in [3.8, 4) is 0 Å². The fourth-order valence-corrected chi connectivity index (χ4v) is 2.53. The summed E-state index contributed by atoms with van der Waals surface area (Å²) in [5.74, 6) is 0.214. The standard InChI is InChI=1S/C17H25NO2/c1-13-12-20-15(10-14-8-6-5-7-9-14)11-18(13)16(19)17(2,3)4/h5-9,13,15H,10-12H2,1-4H3. The molecule has 0 saturated carbocycles. The van der Waals surface area contributed by atoms with E-state index in [9.17, 15) is 4.79 Å². The van der Waals surface area contributed by atoms with Crippen LogP contribution >= 0.6 is 0 Å². The summed E-state index contributed by atoms with van der Waals surface area (Å²) in [7, 11) is 0. The molecule has 0 spiro atoms. The van der Waals surface area contributed by atoms with Crippen LogP contribution in [0.5, 0.6) is 0 Å². The molecule has 2 unspecified atom stereocenters. The van der Waals surface area contributed by atoms with E-state index in [2.05, 4.69) is 19.1 Å². The van der Waals surface area contributed by atoms with Crippen molar-refractivity contribution in [2.75, 3.05) is 13.2 Å². The number of carbonyl (C=O) groups is 1. The second-order valence-electron chi connectivity index (χ2n) is 6.70. The van der Waals surface area contributed by atoms with Crippen molar-refractivity contribution in [1.82, 2.24) is 4.90 Å². The zero-order chi connectivity index (χ0) is 14.8. The van der Waals surface area contributed by atoms with E-state index in [1.807, 2.05) is 43.9 Å². The number of carbonyl (C=O) groups excluding carboxylic acids is 1. The molecule has 3 nitrogen and oxygen atoms in total. The first-order chi connectivity index (χ1) is 9.38. The van der Waals surface area contributed by atoms with Gasteiger partial charge in [0.2, 0.25) is 5.91 Å². The van der Waals surface area contributed by atoms with E-state index in [1.54, 1.807) is 0 Å². The van der Waals surface area contributed by atoms with Gasteiger partial charge in [-0.15, -0.1) is 0 Å². The molecule has 2 atom stereocenters. The Hall–Kier alpha value is -1.35. The predicted molar refractivity (Wildman–Crippen MR) is 80.5 cm³/mol. The molecule has 0 N–H and O–H groups in total. The molecule has 1 aliphatic rings. The molecule has 0 aliphatic carbocycles. The summed E-state index contributed by atoms with van der Waals surface area (Å²) in [6.07, 6.45) is 0.960. The van der Waals surface area contributed by atoms with Gasteiger partial charge in [-0.1, -0.05) is 51.1 Å². The zero-order valence-corrected chi connectivity index (χ0v) is 12.9. The van der Waals surface area contributed by atoms with Crippen molar-refractivity contribution >= 4 is 5.91 Å². The summed E-state index contributed by atoms with van der Waals surface area (Å²) in [6, 6.07) is 10.5. The minimum absolute atomic E-state index is 0.0971.